The molecule has 0 aliphatic carbocycles. The molecule has 1 aromatic carbocycles. The number of benzene rings is 1. The van der Waals surface area contributed by atoms with Gasteiger partial charge in [-0.15, -0.1) is 0 Å². The standard InChI is InChI=1S/C29H34N4O4/c1-18(2)27-25(22-13-9-10-14-33(22)30-27)26-23(28(34)35)19(3)32(20(4)24(26)29(36)37)16-15-31(5)17-21-11-7-6-8-12-21/h6-14,18,26H,15-17H2,1-5H3,(H,34,35)(H,36,37). The molecule has 0 amide bonds. The fourth-order valence-electron chi connectivity index (χ4n) is 5.29. The highest BCUT2D eigenvalue weighted by atomic mass is 16.4. The molecular weight excluding hydrogens is 468 g/mol. The third-order valence-electron chi connectivity index (χ3n) is 7.07. The average molecular weight is 503 g/mol. The van der Waals surface area contributed by atoms with E-state index >= 15 is 0 Å². The Morgan fingerprint density at radius 3 is 2.14 bits per heavy atom. The predicted octanol–water partition coefficient (Wildman–Crippen LogP) is 4.71. The highest BCUT2D eigenvalue weighted by molar-refractivity contribution is 5.99. The number of carbonyl (C=O) groups is 2. The number of carboxylic acids is 2. The number of pyridine rings is 1. The maximum atomic E-state index is 12.7. The van der Waals surface area contributed by atoms with Crippen molar-refractivity contribution in [3.8, 4) is 0 Å². The fourth-order valence-corrected chi connectivity index (χ4v) is 5.29. The molecule has 37 heavy (non-hydrogen) atoms. The number of aromatic nitrogens is 2. The predicted molar refractivity (Wildman–Crippen MR) is 142 cm³/mol. The number of nitrogens with zero attached hydrogens (tertiary/aromatic N) is 4. The smallest absolute Gasteiger partial charge is 0.334 e. The quantitative estimate of drug-likeness (QED) is 0.437. The summed E-state index contributed by atoms with van der Waals surface area (Å²) in [7, 11) is 2.00. The molecule has 2 N–H and O–H groups in total. The number of likely N-dealkylation sites (N-methyl/N-ethyl adjacent to an activating group) is 1. The second-order valence-corrected chi connectivity index (χ2v) is 9.90. The monoisotopic (exact) mass is 502 g/mol. The minimum Gasteiger partial charge on any atom is -0.478 e. The van der Waals surface area contributed by atoms with Gasteiger partial charge in [-0.3, -0.25) is 0 Å². The van der Waals surface area contributed by atoms with E-state index in [4.69, 9.17) is 5.10 Å². The molecule has 0 radical (unpaired) electrons. The minimum absolute atomic E-state index is 0.0229. The first kappa shape index (κ1) is 26.2. The maximum Gasteiger partial charge on any atom is 0.334 e. The summed E-state index contributed by atoms with van der Waals surface area (Å²) < 4.78 is 1.71. The maximum absolute atomic E-state index is 12.7. The van der Waals surface area contributed by atoms with Crippen LogP contribution >= 0.6 is 0 Å². The Kier molecular flexibility index (Phi) is 7.50. The van der Waals surface area contributed by atoms with Gasteiger partial charge in [-0.2, -0.15) is 5.10 Å². The van der Waals surface area contributed by atoms with Crippen LogP contribution < -0.4 is 0 Å². The molecule has 3 aromatic rings. The van der Waals surface area contributed by atoms with Gasteiger partial charge in [0.05, 0.1) is 28.3 Å². The number of aliphatic carboxylic acids is 2. The zero-order chi connectivity index (χ0) is 26.9. The van der Waals surface area contributed by atoms with E-state index < -0.39 is 17.9 Å². The van der Waals surface area contributed by atoms with Crippen molar-refractivity contribution in [1.82, 2.24) is 19.4 Å². The Morgan fingerprint density at radius 1 is 0.973 bits per heavy atom. The Morgan fingerprint density at radius 2 is 1.57 bits per heavy atom. The zero-order valence-corrected chi connectivity index (χ0v) is 22.0. The van der Waals surface area contributed by atoms with E-state index in [9.17, 15) is 19.8 Å². The Bertz CT molecular complexity index is 1350. The number of fused-ring (bicyclic) bond motifs is 1. The van der Waals surface area contributed by atoms with Gasteiger partial charge in [0, 0.05) is 42.8 Å². The third-order valence-corrected chi connectivity index (χ3v) is 7.07. The molecule has 0 saturated carbocycles. The summed E-state index contributed by atoms with van der Waals surface area (Å²) in [5.74, 6) is -3.21. The van der Waals surface area contributed by atoms with Crippen LogP contribution in [0.5, 0.6) is 0 Å². The largest absolute Gasteiger partial charge is 0.478 e. The van der Waals surface area contributed by atoms with Crippen LogP contribution in [0.15, 0.2) is 77.3 Å². The van der Waals surface area contributed by atoms with Gasteiger partial charge in [0.15, 0.2) is 0 Å². The Balaban J connectivity index is 1.79. The lowest BCUT2D eigenvalue weighted by Gasteiger charge is -2.38. The third kappa shape index (κ3) is 5.02. The molecule has 0 saturated heterocycles. The molecule has 8 nitrogen and oxygen atoms in total. The molecule has 0 bridgehead atoms. The van der Waals surface area contributed by atoms with Crippen LogP contribution in [-0.2, 0) is 16.1 Å². The molecule has 2 aromatic heterocycles. The molecule has 0 unspecified atom stereocenters. The van der Waals surface area contributed by atoms with E-state index in [1.54, 1.807) is 24.6 Å². The molecule has 1 aliphatic rings. The molecule has 4 rings (SSSR count). The molecular formula is C29H34N4O4. The van der Waals surface area contributed by atoms with Gasteiger partial charge < -0.3 is 20.0 Å². The van der Waals surface area contributed by atoms with Crippen molar-refractivity contribution in [2.75, 3.05) is 20.1 Å². The topological polar surface area (TPSA) is 98.4 Å². The molecule has 1 aliphatic heterocycles. The molecule has 0 spiro atoms. The van der Waals surface area contributed by atoms with Crippen LogP contribution in [0.4, 0.5) is 0 Å². The molecule has 0 fully saturated rings. The van der Waals surface area contributed by atoms with Crippen LogP contribution in [-0.4, -0.2) is 61.7 Å². The van der Waals surface area contributed by atoms with E-state index in [0.717, 1.165) is 6.54 Å². The lowest BCUT2D eigenvalue weighted by molar-refractivity contribution is -0.133. The summed E-state index contributed by atoms with van der Waals surface area (Å²) in [6, 6.07) is 15.7. The number of rotatable bonds is 9. The summed E-state index contributed by atoms with van der Waals surface area (Å²) >= 11 is 0. The highest BCUT2D eigenvalue weighted by Gasteiger charge is 2.42. The average Bonchev–Trinajstić information content (AvgIpc) is 3.23. The van der Waals surface area contributed by atoms with E-state index in [-0.39, 0.29) is 17.1 Å². The van der Waals surface area contributed by atoms with Crippen molar-refractivity contribution >= 4 is 17.5 Å². The van der Waals surface area contributed by atoms with E-state index in [1.807, 2.05) is 62.2 Å². The van der Waals surface area contributed by atoms with Crippen molar-refractivity contribution in [2.45, 2.75) is 46.1 Å². The molecule has 0 atom stereocenters. The van der Waals surface area contributed by atoms with Gasteiger partial charge in [0.1, 0.15) is 0 Å². The zero-order valence-electron chi connectivity index (χ0n) is 22.0. The fraction of sp³-hybridized carbons (Fsp3) is 0.345. The van der Waals surface area contributed by atoms with Crippen LogP contribution in [0.3, 0.4) is 0 Å². The normalized spacial score (nSPS) is 14.9. The molecule has 8 heteroatoms. The number of hydrogen-bond donors (Lipinski definition) is 2. The van der Waals surface area contributed by atoms with Crippen molar-refractivity contribution in [1.29, 1.82) is 0 Å². The first-order valence-corrected chi connectivity index (χ1v) is 12.5. The van der Waals surface area contributed by atoms with Gasteiger partial charge in [0.25, 0.3) is 0 Å². The summed E-state index contributed by atoms with van der Waals surface area (Å²) in [6.45, 7) is 9.34. The Labute approximate surface area is 217 Å². The van der Waals surface area contributed by atoms with Crippen molar-refractivity contribution in [3.63, 3.8) is 0 Å². The van der Waals surface area contributed by atoms with E-state index in [1.165, 1.54) is 5.56 Å². The van der Waals surface area contributed by atoms with E-state index in [2.05, 4.69) is 17.0 Å². The second-order valence-electron chi connectivity index (χ2n) is 9.90. The lowest BCUT2D eigenvalue weighted by Crippen LogP contribution is -2.38. The van der Waals surface area contributed by atoms with Crippen LogP contribution in [0, 0.1) is 0 Å². The van der Waals surface area contributed by atoms with Gasteiger partial charge >= 0.3 is 11.9 Å². The summed E-state index contributed by atoms with van der Waals surface area (Å²) in [6.07, 6.45) is 1.80. The van der Waals surface area contributed by atoms with E-state index in [0.29, 0.717) is 41.3 Å². The lowest BCUT2D eigenvalue weighted by atomic mass is 9.78. The van der Waals surface area contributed by atoms with Gasteiger partial charge in [-0.05, 0) is 44.5 Å². The van der Waals surface area contributed by atoms with Gasteiger partial charge in [-0.1, -0.05) is 50.2 Å². The summed E-state index contributed by atoms with van der Waals surface area (Å²) in [5.41, 5.74) is 4.50. The first-order chi connectivity index (χ1) is 17.6. The highest BCUT2D eigenvalue weighted by Crippen LogP contribution is 2.45. The van der Waals surface area contributed by atoms with Crippen molar-refractivity contribution < 1.29 is 19.8 Å². The van der Waals surface area contributed by atoms with Crippen LogP contribution in [0.2, 0.25) is 0 Å². The van der Waals surface area contributed by atoms with Crippen molar-refractivity contribution in [2.24, 2.45) is 0 Å². The number of allylic oxidation sites excluding steroid dienone is 2. The van der Waals surface area contributed by atoms with Crippen molar-refractivity contribution in [3.05, 3.63) is 94.1 Å². The molecule has 3 heterocycles. The molecule has 194 valence electrons. The SMILES string of the molecule is CC1=C(C(=O)O)C(c2c(C(C)C)nn3ccccc23)C(C(=O)O)=C(C)N1CCN(C)Cc1ccccc1. The second kappa shape index (κ2) is 10.6. The van der Waals surface area contributed by atoms with Gasteiger partial charge in [-0.25, -0.2) is 14.1 Å². The van der Waals surface area contributed by atoms with Gasteiger partial charge in [0.2, 0.25) is 0 Å². The van der Waals surface area contributed by atoms with Crippen LogP contribution in [0.1, 0.15) is 56.4 Å². The van der Waals surface area contributed by atoms with Crippen LogP contribution in [0.25, 0.3) is 5.52 Å². The Hall–Kier alpha value is -3.91. The summed E-state index contributed by atoms with van der Waals surface area (Å²) in [5, 5.41) is 25.5. The number of carboxylic acid groups (broad SMARTS) is 2. The summed E-state index contributed by atoms with van der Waals surface area (Å²) in [4.78, 5) is 29.5. The minimum atomic E-state index is -1.12. The first-order valence-electron chi connectivity index (χ1n) is 12.5. The number of hydrogen-bond acceptors (Lipinski definition) is 5.